The number of primary amides is 1. The quantitative estimate of drug-likeness (QED) is 0.381. The normalized spacial score (nSPS) is 19.2. The number of amides is 2. The van der Waals surface area contributed by atoms with E-state index in [0.29, 0.717) is 18.8 Å². The number of carbonyl (C=O) groups excluding carboxylic acids is 2. The molecule has 0 radical (unpaired) electrons. The third-order valence-electron chi connectivity index (χ3n) is 5.98. The Balaban J connectivity index is 1.30. The van der Waals surface area contributed by atoms with Crippen LogP contribution < -0.4 is 11.1 Å². The summed E-state index contributed by atoms with van der Waals surface area (Å²) in [5, 5.41) is 3.44. The smallest absolute Gasteiger partial charge is 0.289 e. The highest BCUT2D eigenvalue weighted by Crippen LogP contribution is 2.16. The van der Waals surface area contributed by atoms with Gasteiger partial charge in [0.05, 0.1) is 6.26 Å². The van der Waals surface area contributed by atoms with Gasteiger partial charge in [-0.25, -0.2) is 0 Å². The predicted molar refractivity (Wildman–Crippen MR) is 115 cm³/mol. The van der Waals surface area contributed by atoms with Crippen LogP contribution >= 0.6 is 0 Å². The van der Waals surface area contributed by atoms with Crippen LogP contribution in [0.1, 0.15) is 36.2 Å². The van der Waals surface area contributed by atoms with E-state index in [0.717, 1.165) is 70.9 Å². The van der Waals surface area contributed by atoms with Gasteiger partial charge in [0.1, 0.15) is 0 Å². The molecule has 166 valence electrons. The molecule has 9 nitrogen and oxygen atoms in total. The zero-order valence-electron chi connectivity index (χ0n) is 17.9. The van der Waals surface area contributed by atoms with Crippen molar-refractivity contribution < 1.29 is 14.0 Å². The fourth-order valence-corrected chi connectivity index (χ4v) is 4.11. The lowest BCUT2D eigenvalue weighted by molar-refractivity contribution is -0.123. The van der Waals surface area contributed by atoms with E-state index >= 15 is 0 Å². The number of carbonyl (C=O) groups is 2. The van der Waals surface area contributed by atoms with Gasteiger partial charge in [-0.2, -0.15) is 0 Å². The van der Waals surface area contributed by atoms with Crippen molar-refractivity contribution in [2.75, 3.05) is 59.4 Å². The number of nitrogens with zero attached hydrogens (tertiary/aromatic N) is 4. The SMILES string of the molecule is CN=C(NCCCCN1CCC(C(N)=O)CC1)N1CCN(C(=O)c2ccco2)CC1. The minimum absolute atomic E-state index is 0.0533. The highest BCUT2D eigenvalue weighted by molar-refractivity contribution is 5.91. The lowest BCUT2D eigenvalue weighted by Gasteiger charge is -2.36. The minimum atomic E-state index is -0.156. The second kappa shape index (κ2) is 11.0. The van der Waals surface area contributed by atoms with Gasteiger partial charge in [-0.3, -0.25) is 14.6 Å². The summed E-state index contributed by atoms with van der Waals surface area (Å²) in [5.74, 6) is 1.13. The Hall–Kier alpha value is -2.55. The Morgan fingerprint density at radius 3 is 2.43 bits per heavy atom. The number of hydrogen-bond donors (Lipinski definition) is 2. The third kappa shape index (κ3) is 5.98. The molecule has 1 aromatic rings. The fourth-order valence-electron chi connectivity index (χ4n) is 4.11. The van der Waals surface area contributed by atoms with Gasteiger partial charge in [0.25, 0.3) is 5.91 Å². The van der Waals surface area contributed by atoms with E-state index in [-0.39, 0.29) is 17.7 Å². The molecule has 0 atom stereocenters. The van der Waals surface area contributed by atoms with E-state index in [1.165, 1.54) is 6.26 Å². The summed E-state index contributed by atoms with van der Waals surface area (Å²) in [6, 6.07) is 3.44. The maximum Gasteiger partial charge on any atom is 0.289 e. The fraction of sp³-hybridized carbons (Fsp3) is 0.667. The predicted octanol–water partition coefficient (Wildman–Crippen LogP) is 0.590. The van der Waals surface area contributed by atoms with Crippen molar-refractivity contribution in [1.82, 2.24) is 20.0 Å². The Labute approximate surface area is 178 Å². The van der Waals surface area contributed by atoms with Gasteiger partial charge in [0, 0.05) is 45.7 Å². The number of nitrogens with one attached hydrogen (secondary N) is 1. The molecule has 0 bridgehead atoms. The van der Waals surface area contributed by atoms with Crippen LogP contribution in [0.5, 0.6) is 0 Å². The van der Waals surface area contributed by atoms with Crippen molar-refractivity contribution in [2.24, 2.45) is 16.6 Å². The lowest BCUT2D eigenvalue weighted by atomic mass is 9.96. The average molecular weight is 419 g/mol. The number of piperazine rings is 1. The van der Waals surface area contributed by atoms with E-state index in [2.05, 4.69) is 20.1 Å². The molecule has 3 rings (SSSR count). The van der Waals surface area contributed by atoms with Crippen LogP contribution in [-0.2, 0) is 4.79 Å². The van der Waals surface area contributed by atoms with Gasteiger partial charge in [0.15, 0.2) is 11.7 Å². The molecule has 0 unspecified atom stereocenters. The number of aliphatic imine (C=N–C) groups is 1. The number of hydrogen-bond acceptors (Lipinski definition) is 5. The van der Waals surface area contributed by atoms with Crippen molar-refractivity contribution in [3.63, 3.8) is 0 Å². The van der Waals surface area contributed by atoms with Crippen LogP contribution in [0.4, 0.5) is 0 Å². The standard InChI is InChI=1S/C21H34N6O3/c1-23-21(24-8-2-3-9-25-10-6-17(7-11-25)19(22)28)27-14-12-26(13-15-27)20(29)18-5-4-16-30-18/h4-5,16-17H,2-3,6-15H2,1H3,(H2,22,28)(H,23,24). The van der Waals surface area contributed by atoms with E-state index in [1.54, 1.807) is 19.2 Å². The first-order valence-corrected chi connectivity index (χ1v) is 10.9. The molecule has 2 saturated heterocycles. The van der Waals surface area contributed by atoms with Gasteiger partial charge in [-0.05, 0) is 57.5 Å². The van der Waals surface area contributed by atoms with Gasteiger partial charge in [0.2, 0.25) is 5.91 Å². The summed E-state index contributed by atoms with van der Waals surface area (Å²) in [5.41, 5.74) is 5.40. The van der Waals surface area contributed by atoms with Crippen LogP contribution in [0.15, 0.2) is 27.8 Å². The first kappa shape index (κ1) is 22.1. The van der Waals surface area contributed by atoms with Crippen molar-refractivity contribution in [1.29, 1.82) is 0 Å². The number of likely N-dealkylation sites (tertiary alicyclic amines) is 1. The maximum absolute atomic E-state index is 12.4. The van der Waals surface area contributed by atoms with E-state index in [1.807, 2.05) is 4.90 Å². The molecular weight excluding hydrogens is 384 g/mol. The maximum atomic E-state index is 12.4. The average Bonchev–Trinajstić information content (AvgIpc) is 3.31. The highest BCUT2D eigenvalue weighted by atomic mass is 16.3. The number of furan rings is 1. The summed E-state index contributed by atoms with van der Waals surface area (Å²) in [6.45, 7) is 6.66. The minimum Gasteiger partial charge on any atom is -0.459 e. The first-order chi connectivity index (χ1) is 14.6. The summed E-state index contributed by atoms with van der Waals surface area (Å²) in [4.78, 5) is 34.5. The molecular formula is C21H34N6O3. The van der Waals surface area contributed by atoms with Gasteiger partial charge in [-0.1, -0.05) is 0 Å². The number of nitrogens with two attached hydrogens (primary N) is 1. The Morgan fingerprint density at radius 2 is 1.83 bits per heavy atom. The van der Waals surface area contributed by atoms with Crippen molar-refractivity contribution in [3.05, 3.63) is 24.2 Å². The van der Waals surface area contributed by atoms with Gasteiger partial charge >= 0.3 is 0 Å². The second-order valence-corrected chi connectivity index (χ2v) is 7.96. The lowest BCUT2D eigenvalue weighted by Crippen LogP contribution is -2.53. The zero-order valence-corrected chi connectivity index (χ0v) is 17.9. The molecule has 0 saturated carbocycles. The molecule has 2 fully saturated rings. The van der Waals surface area contributed by atoms with E-state index in [4.69, 9.17) is 10.2 Å². The molecule has 2 aliphatic heterocycles. The largest absolute Gasteiger partial charge is 0.459 e. The van der Waals surface area contributed by atoms with Crippen LogP contribution in [-0.4, -0.2) is 91.9 Å². The summed E-state index contributed by atoms with van der Waals surface area (Å²) in [6.07, 6.45) is 5.46. The first-order valence-electron chi connectivity index (χ1n) is 10.9. The molecule has 30 heavy (non-hydrogen) atoms. The molecule has 3 N–H and O–H groups in total. The number of piperidine rings is 1. The molecule has 0 aliphatic carbocycles. The molecule has 0 spiro atoms. The van der Waals surface area contributed by atoms with E-state index < -0.39 is 0 Å². The summed E-state index contributed by atoms with van der Waals surface area (Å²) < 4.78 is 5.21. The molecule has 3 heterocycles. The monoisotopic (exact) mass is 418 g/mol. The summed E-state index contributed by atoms with van der Waals surface area (Å²) >= 11 is 0. The van der Waals surface area contributed by atoms with Crippen LogP contribution in [0.25, 0.3) is 0 Å². The number of unbranched alkanes of at least 4 members (excludes halogenated alkanes) is 1. The van der Waals surface area contributed by atoms with Crippen LogP contribution in [0, 0.1) is 5.92 Å². The van der Waals surface area contributed by atoms with Gasteiger partial charge < -0.3 is 30.2 Å². The Bertz CT molecular complexity index is 704. The molecule has 0 aromatic carbocycles. The highest BCUT2D eigenvalue weighted by Gasteiger charge is 2.25. The molecule has 2 aliphatic rings. The van der Waals surface area contributed by atoms with Crippen molar-refractivity contribution >= 4 is 17.8 Å². The number of guanidine groups is 1. The third-order valence-corrected chi connectivity index (χ3v) is 5.98. The summed E-state index contributed by atoms with van der Waals surface area (Å²) in [7, 11) is 1.80. The molecule has 2 amide bonds. The van der Waals surface area contributed by atoms with Crippen molar-refractivity contribution in [2.45, 2.75) is 25.7 Å². The van der Waals surface area contributed by atoms with Crippen LogP contribution in [0.3, 0.4) is 0 Å². The van der Waals surface area contributed by atoms with Gasteiger partial charge in [-0.15, -0.1) is 0 Å². The van der Waals surface area contributed by atoms with Crippen LogP contribution in [0.2, 0.25) is 0 Å². The van der Waals surface area contributed by atoms with E-state index in [9.17, 15) is 9.59 Å². The Kier molecular flexibility index (Phi) is 8.12. The second-order valence-electron chi connectivity index (χ2n) is 7.96. The number of rotatable bonds is 7. The van der Waals surface area contributed by atoms with Crippen molar-refractivity contribution in [3.8, 4) is 0 Å². The topological polar surface area (TPSA) is 107 Å². The zero-order chi connectivity index (χ0) is 21.3. The molecule has 9 heteroatoms. The molecule has 1 aromatic heterocycles. The Morgan fingerprint density at radius 1 is 1.13 bits per heavy atom.